The average Bonchev–Trinajstić information content (AvgIpc) is 3.35. The van der Waals surface area contributed by atoms with E-state index >= 15 is 0 Å². The first kappa shape index (κ1) is 16.6. The highest BCUT2D eigenvalue weighted by Gasteiger charge is 2.17. The first-order chi connectivity index (χ1) is 13.7. The van der Waals surface area contributed by atoms with Crippen molar-refractivity contribution in [2.45, 2.75) is 19.4 Å². The van der Waals surface area contributed by atoms with Gasteiger partial charge in [0.15, 0.2) is 18.1 Å². The van der Waals surface area contributed by atoms with E-state index in [4.69, 9.17) is 14.2 Å². The van der Waals surface area contributed by atoms with Crippen molar-refractivity contribution in [3.63, 3.8) is 0 Å². The van der Waals surface area contributed by atoms with Crippen LogP contribution in [0.15, 0.2) is 41.2 Å². The fraction of sp³-hybridized carbons (Fsp3) is 0.250. The maximum atomic E-state index is 12.6. The van der Waals surface area contributed by atoms with Crippen molar-refractivity contribution in [2.24, 2.45) is 0 Å². The SMILES string of the molecule is O=C(COc1ccc2nc3n(c(=O)c2c1)CCC3)Nc1ccc2c(c1)OCO2. The summed E-state index contributed by atoms with van der Waals surface area (Å²) in [6, 6.07) is 10.3. The molecule has 0 saturated heterocycles. The zero-order chi connectivity index (χ0) is 19.1. The van der Waals surface area contributed by atoms with Crippen LogP contribution in [0.3, 0.4) is 0 Å². The van der Waals surface area contributed by atoms with E-state index in [1.54, 1.807) is 41.0 Å². The number of ether oxygens (including phenoxy) is 3. The smallest absolute Gasteiger partial charge is 0.262 e. The fourth-order valence-electron chi connectivity index (χ4n) is 3.47. The molecule has 0 saturated carbocycles. The average molecular weight is 379 g/mol. The van der Waals surface area contributed by atoms with Crippen LogP contribution in [0.1, 0.15) is 12.2 Å². The molecule has 0 atom stereocenters. The molecule has 0 aliphatic carbocycles. The number of nitrogens with zero attached hydrogens (tertiary/aromatic N) is 2. The second kappa shape index (κ2) is 6.56. The highest BCUT2D eigenvalue weighted by molar-refractivity contribution is 5.92. The van der Waals surface area contributed by atoms with E-state index in [1.165, 1.54) is 0 Å². The number of carbonyl (C=O) groups is 1. The van der Waals surface area contributed by atoms with E-state index in [1.807, 2.05) is 0 Å². The van der Waals surface area contributed by atoms with Gasteiger partial charge >= 0.3 is 0 Å². The van der Waals surface area contributed by atoms with Gasteiger partial charge in [0, 0.05) is 24.7 Å². The number of hydrogen-bond acceptors (Lipinski definition) is 6. The molecule has 3 aromatic rings. The van der Waals surface area contributed by atoms with Crippen molar-refractivity contribution in [2.75, 3.05) is 18.7 Å². The predicted octanol–water partition coefficient (Wildman–Crippen LogP) is 2.09. The van der Waals surface area contributed by atoms with Gasteiger partial charge in [0.1, 0.15) is 11.6 Å². The molecule has 8 heteroatoms. The summed E-state index contributed by atoms with van der Waals surface area (Å²) >= 11 is 0. The topological polar surface area (TPSA) is 91.7 Å². The summed E-state index contributed by atoms with van der Waals surface area (Å²) in [5.74, 6) is 2.20. The highest BCUT2D eigenvalue weighted by atomic mass is 16.7. The normalized spacial score (nSPS) is 14.1. The Kier molecular flexibility index (Phi) is 3.89. The van der Waals surface area contributed by atoms with E-state index in [0.717, 1.165) is 18.7 Å². The second-order valence-electron chi connectivity index (χ2n) is 6.67. The Bertz CT molecular complexity index is 1150. The fourth-order valence-corrected chi connectivity index (χ4v) is 3.47. The molecule has 1 aromatic heterocycles. The standard InChI is InChI=1S/C20H17N3O5/c24-19(21-12-3-6-16-17(8-12)28-11-27-16)10-26-13-4-5-15-14(9-13)20(25)23-7-1-2-18(23)22-15/h3-6,8-9H,1-2,7,10-11H2,(H,21,24). The van der Waals surface area contributed by atoms with E-state index < -0.39 is 0 Å². The number of carbonyl (C=O) groups excluding carboxylic acids is 1. The Balaban J connectivity index is 1.29. The number of hydrogen-bond donors (Lipinski definition) is 1. The minimum Gasteiger partial charge on any atom is -0.484 e. The molecular weight excluding hydrogens is 362 g/mol. The summed E-state index contributed by atoms with van der Waals surface area (Å²) in [6.07, 6.45) is 1.76. The van der Waals surface area contributed by atoms with Gasteiger partial charge in [-0.1, -0.05) is 0 Å². The van der Waals surface area contributed by atoms with Crippen LogP contribution < -0.4 is 25.1 Å². The number of aryl methyl sites for hydroxylation is 1. The molecule has 3 heterocycles. The number of amides is 1. The highest BCUT2D eigenvalue weighted by Crippen LogP contribution is 2.34. The third-order valence-electron chi connectivity index (χ3n) is 4.81. The molecule has 0 radical (unpaired) electrons. The van der Waals surface area contributed by atoms with E-state index in [0.29, 0.717) is 40.4 Å². The molecular formula is C20H17N3O5. The van der Waals surface area contributed by atoms with Crippen molar-refractivity contribution < 1.29 is 19.0 Å². The van der Waals surface area contributed by atoms with Crippen LogP contribution >= 0.6 is 0 Å². The molecule has 142 valence electrons. The minimum atomic E-state index is -0.317. The van der Waals surface area contributed by atoms with Gasteiger partial charge in [-0.2, -0.15) is 0 Å². The van der Waals surface area contributed by atoms with E-state index in [9.17, 15) is 9.59 Å². The summed E-state index contributed by atoms with van der Waals surface area (Å²) < 4.78 is 17.8. The molecule has 2 aliphatic heterocycles. The molecule has 8 nitrogen and oxygen atoms in total. The third-order valence-corrected chi connectivity index (χ3v) is 4.81. The number of aromatic nitrogens is 2. The van der Waals surface area contributed by atoms with Crippen molar-refractivity contribution >= 4 is 22.5 Å². The summed E-state index contributed by atoms with van der Waals surface area (Å²) in [4.78, 5) is 29.3. The zero-order valence-electron chi connectivity index (χ0n) is 14.9. The first-order valence-electron chi connectivity index (χ1n) is 9.03. The number of rotatable bonds is 4. The lowest BCUT2D eigenvalue weighted by molar-refractivity contribution is -0.118. The Morgan fingerprint density at radius 3 is 3.00 bits per heavy atom. The summed E-state index contributed by atoms with van der Waals surface area (Å²) in [5, 5.41) is 3.25. The molecule has 2 aromatic carbocycles. The lowest BCUT2D eigenvalue weighted by Gasteiger charge is -2.09. The first-order valence-corrected chi connectivity index (χ1v) is 9.03. The van der Waals surface area contributed by atoms with Crippen LogP contribution in [0.2, 0.25) is 0 Å². The molecule has 2 aliphatic rings. The number of fused-ring (bicyclic) bond motifs is 3. The lowest BCUT2D eigenvalue weighted by Crippen LogP contribution is -2.22. The zero-order valence-corrected chi connectivity index (χ0v) is 14.9. The lowest BCUT2D eigenvalue weighted by atomic mass is 10.2. The summed E-state index contributed by atoms with van der Waals surface area (Å²) in [6.45, 7) is 0.690. The van der Waals surface area contributed by atoms with Gasteiger partial charge in [-0.3, -0.25) is 14.2 Å². The Morgan fingerprint density at radius 2 is 2.07 bits per heavy atom. The number of benzene rings is 2. The van der Waals surface area contributed by atoms with Crippen molar-refractivity contribution in [1.82, 2.24) is 9.55 Å². The number of nitrogens with one attached hydrogen (secondary N) is 1. The van der Waals surface area contributed by atoms with Crippen LogP contribution in [0.25, 0.3) is 10.9 Å². The van der Waals surface area contributed by atoms with Gasteiger partial charge in [-0.15, -0.1) is 0 Å². The van der Waals surface area contributed by atoms with Crippen molar-refractivity contribution in [3.8, 4) is 17.2 Å². The van der Waals surface area contributed by atoms with Crippen LogP contribution in [-0.2, 0) is 17.8 Å². The molecule has 0 bridgehead atoms. The third kappa shape index (κ3) is 2.92. The van der Waals surface area contributed by atoms with E-state index in [-0.39, 0.29) is 24.9 Å². The van der Waals surface area contributed by atoms with Crippen LogP contribution in [0, 0.1) is 0 Å². The maximum Gasteiger partial charge on any atom is 0.262 e. The van der Waals surface area contributed by atoms with Gasteiger partial charge < -0.3 is 19.5 Å². The van der Waals surface area contributed by atoms with Crippen LogP contribution in [-0.4, -0.2) is 28.9 Å². The van der Waals surface area contributed by atoms with Crippen LogP contribution in [0.4, 0.5) is 5.69 Å². The van der Waals surface area contributed by atoms with Gasteiger partial charge in [0.05, 0.1) is 10.9 Å². The van der Waals surface area contributed by atoms with Gasteiger partial charge in [-0.05, 0) is 36.8 Å². The summed E-state index contributed by atoms with van der Waals surface area (Å²) in [7, 11) is 0. The molecule has 0 unspecified atom stereocenters. The predicted molar refractivity (Wildman–Crippen MR) is 101 cm³/mol. The largest absolute Gasteiger partial charge is 0.484 e. The molecule has 1 amide bonds. The maximum absolute atomic E-state index is 12.6. The summed E-state index contributed by atoms with van der Waals surface area (Å²) in [5.41, 5.74) is 1.18. The number of anilines is 1. The molecule has 0 spiro atoms. The Morgan fingerprint density at radius 1 is 1.18 bits per heavy atom. The van der Waals surface area contributed by atoms with Crippen molar-refractivity contribution in [3.05, 3.63) is 52.6 Å². The van der Waals surface area contributed by atoms with Crippen LogP contribution in [0.5, 0.6) is 17.2 Å². The second-order valence-corrected chi connectivity index (χ2v) is 6.67. The van der Waals surface area contributed by atoms with Gasteiger partial charge in [0.25, 0.3) is 11.5 Å². The van der Waals surface area contributed by atoms with Gasteiger partial charge in [-0.25, -0.2) is 4.98 Å². The van der Waals surface area contributed by atoms with Crippen molar-refractivity contribution in [1.29, 1.82) is 0 Å². The quantitative estimate of drug-likeness (QED) is 0.746. The monoisotopic (exact) mass is 379 g/mol. The Hall–Kier alpha value is -3.55. The molecule has 5 rings (SSSR count). The molecule has 0 fully saturated rings. The van der Waals surface area contributed by atoms with Gasteiger partial charge in [0.2, 0.25) is 6.79 Å². The molecule has 1 N–H and O–H groups in total. The van der Waals surface area contributed by atoms with E-state index in [2.05, 4.69) is 10.3 Å². The minimum absolute atomic E-state index is 0.0623. The Labute approximate surface area is 159 Å². The molecule has 28 heavy (non-hydrogen) atoms.